The van der Waals surface area contributed by atoms with Gasteiger partial charge in [0.25, 0.3) is 0 Å². The minimum atomic E-state index is -4.33. The highest BCUT2D eigenvalue weighted by atomic mass is 19.4. The molecule has 2 aromatic rings. The zero-order valence-electron chi connectivity index (χ0n) is 18.2. The summed E-state index contributed by atoms with van der Waals surface area (Å²) >= 11 is 0. The normalized spacial score (nSPS) is 22.2. The van der Waals surface area contributed by atoms with Gasteiger partial charge in [0, 0.05) is 31.4 Å². The van der Waals surface area contributed by atoms with Crippen molar-refractivity contribution in [2.24, 2.45) is 5.92 Å². The summed E-state index contributed by atoms with van der Waals surface area (Å²) in [5.74, 6) is 0.410. The lowest BCUT2D eigenvalue weighted by Crippen LogP contribution is -2.43. The van der Waals surface area contributed by atoms with Crippen LogP contribution in [0.2, 0.25) is 0 Å². The number of rotatable bonds is 6. The number of para-hydroxylation sites is 1. The molecule has 1 amide bonds. The number of likely N-dealkylation sites (tertiary alicyclic amines) is 1. The second-order valence-corrected chi connectivity index (χ2v) is 8.84. The quantitative estimate of drug-likeness (QED) is 0.689. The molecule has 2 saturated heterocycles. The number of hydrogen-bond donors (Lipinski definition) is 1. The Labute approximate surface area is 187 Å². The highest BCUT2D eigenvalue weighted by molar-refractivity contribution is 5.78. The van der Waals surface area contributed by atoms with Crippen molar-refractivity contribution in [2.75, 3.05) is 37.6 Å². The molecule has 4 nitrogen and oxygen atoms in total. The zero-order chi connectivity index (χ0) is 22.6. The van der Waals surface area contributed by atoms with E-state index in [1.807, 2.05) is 18.2 Å². The summed E-state index contributed by atoms with van der Waals surface area (Å²) in [6, 6.07) is 15.7. The number of piperidine rings is 1. The van der Waals surface area contributed by atoms with E-state index in [1.165, 1.54) is 5.69 Å². The maximum atomic E-state index is 12.9. The highest BCUT2D eigenvalue weighted by Gasteiger charge is 2.31. The summed E-state index contributed by atoms with van der Waals surface area (Å²) in [6.07, 6.45) is -0.415. The minimum absolute atomic E-state index is 0.0121. The van der Waals surface area contributed by atoms with Crippen molar-refractivity contribution in [3.63, 3.8) is 0 Å². The van der Waals surface area contributed by atoms with E-state index in [9.17, 15) is 18.0 Å². The summed E-state index contributed by atoms with van der Waals surface area (Å²) in [7, 11) is 0. The van der Waals surface area contributed by atoms with Gasteiger partial charge in [-0.25, -0.2) is 0 Å². The molecule has 2 aromatic carbocycles. The predicted molar refractivity (Wildman–Crippen MR) is 119 cm³/mol. The molecule has 0 radical (unpaired) electrons. The van der Waals surface area contributed by atoms with Gasteiger partial charge in [0.15, 0.2) is 0 Å². The van der Waals surface area contributed by atoms with Crippen LogP contribution in [0.5, 0.6) is 0 Å². The Morgan fingerprint density at radius 2 is 1.72 bits per heavy atom. The third-order valence-electron chi connectivity index (χ3n) is 6.58. The van der Waals surface area contributed by atoms with Gasteiger partial charge in [-0.05, 0) is 61.6 Å². The van der Waals surface area contributed by atoms with Crippen LogP contribution in [0.4, 0.5) is 18.9 Å². The molecule has 2 unspecified atom stereocenters. The number of carbonyl (C=O) groups is 1. The third-order valence-corrected chi connectivity index (χ3v) is 6.58. The average Bonchev–Trinajstić information content (AvgIpc) is 3.27. The summed E-state index contributed by atoms with van der Waals surface area (Å²) in [5.41, 5.74) is 1.43. The highest BCUT2D eigenvalue weighted by Crippen LogP contribution is 2.34. The summed E-state index contributed by atoms with van der Waals surface area (Å²) in [4.78, 5) is 17.1. The predicted octanol–water partition coefficient (Wildman–Crippen LogP) is 4.88. The van der Waals surface area contributed by atoms with Crippen LogP contribution >= 0.6 is 0 Å². The van der Waals surface area contributed by atoms with E-state index in [1.54, 1.807) is 12.1 Å². The Bertz CT molecular complexity index is 886. The topological polar surface area (TPSA) is 35.6 Å². The molecule has 0 saturated carbocycles. The van der Waals surface area contributed by atoms with Crippen molar-refractivity contribution in [1.29, 1.82) is 0 Å². The second-order valence-electron chi connectivity index (χ2n) is 8.84. The Kier molecular flexibility index (Phi) is 7.04. The molecule has 2 aliphatic rings. The number of hydrogen-bond acceptors (Lipinski definition) is 3. The summed E-state index contributed by atoms with van der Waals surface area (Å²) in [5, 5.41) is 3.09. The molecule has 2 heterocycles. The molecule has 2 atom stereocenters. The molecule has 2 fully saturated rings. The number of anilines is 1. The minimum Gasteiger partial charge on any atom is -0.371 e. The Morgan fingerprint density at radius 1 is 0.969 bits per heavy atom. The molecule has 0 bridgehead atoms. The molecule has 32 heavy (non-hydrogen) atoms. The van der Waals surface area contributed by atoms with Gasteiger partial charge in [-0.2, -0.15) is 13.2 Å². The van der Waals surface area contributed by atoms with E-state index in [0.717, 1.165) is 63.0 Å². The number of nitrogens with one attached hydrogen (secondary N) is 1. The lowest BCUT2D eigenvalue weighted by atomic mass is 9.94. The van der Waals surface area contributed by atoms with Crippen LogP contribution in [0, 0.1) is 5.92 Å². The van der Waals surface area contributed by atoms with Gasteiger partial charge in [-0.1, -0.05) is 36.8 Å². The van der Waals surface area contributed by atoms with Crippen molar-refractivity contribution in [1.82, 2.24) is 10.2 Å². The SMILES string of the molecule is O=C(CN1CCCCC1c1ccc(C(F)(F)F)cc1)NCC1CCN(c2ccccc2)C1. The Balaban J connectivity index is 1.29. The van der Waals surface area contributed by atoms with Crippen molar-refractivity contribution >= 4 is 11.6 Å². The number of alkyl halides is 3. The molecule has 2 aliphatic heterocycles. The van der Waals surface area contributed by atoms with Crippen LogP contribution in [0.15, 0.2) is 54.6 Å². The Hall–Kier alpha value is -2.54. The monoisotopic (exact) mass is 445 g/mol. The first-order chi connectivity index (χ1) is 15.4. The van der Waals surface area contributed by atoms with Crippen LogP contribution in [0.3, 0.4) is 0 Å². The van der Waals surface area contributed by atoms with Crippen molar-refractivity contribution in [3.8, 4) is 0 Å². The van der Waals surface area contributed by atoms with E-state index >= 15 is 0 Å². The van der Waals surface area contributed by atoms with Crippen LogP contribution in [0.1, 0.15) is 42.9 Å². The van der Waals surface area contributed by atoms with Gasteiger partial charge < -0.3 is 10.2 Å². The summed E-state index contributed by atoms with van der Waals surface area (Å²) < 4.78 is 38.6. The van der Waals surface area contributed by atoms with Gasteiger partial charge in [-0.3, -0.25) is 9.69 Å². The van der Waals surface area contributed by atoms with Crippen LogP contribution in [0.25, 0.3) is 0 Å². The maximum absolute atomic E-state index is 12.9. The largest absolute Gasteiger partial charge is 0.416 e. The zero-order valence-corrected chi connectivity index (χ0v) is 18.2. The fraction of sp³-hybridized carbons (Fsp3) is 0.480. The third kappa shape index (κ3) is 5.63. The van der Waals surface area contributed by atoms with E-state index in [-0.39, 0.29) is 18.5 Å². The van der Waals surface area contributed by atoms with Crippen LogP contribution < -0.4 is 10.2 Å². The van der Waals surface area contributed by atoms with E-state index in [0.29, 0.717) is 12.5 Å². The van der Waals surface area contributed by atoms with E-state index in [4.69, 9.17) is 0 Å². The number of halogens is 3. The number of nitrogens with zero attached hydrogens (tertiary/aromatic N) is 2. The first-order valence-electron chi connectivity index (χ1n) is 11.4. The van der Waals surface area contributed by atoms with Gasteiger partial charge in [0.1, 0.15) is 0 Å². The van der Waals surface area contributed by atoms with E-state index < -0.39 is 11.7 Å². The lowest BCUT2D eigenvalue weighted by Gasteiger charge is -2.35. The van der Waals surface area contributed by atoms with Crippen LogP contribution in [-0.2, 0) is 11.0 Å². The average molecular weight is 446 g/mol. The number of carbonyl (C=O) groups excluding carboxylic acids is 1. The maximum Gasteiger partial charge on any atom is 0.416 e. The first kappa shape index (κ1) is 22.6. The van der Waals surface area contributed by atoms with Crippen molar-refractivity contribution in [2.45, 2.75) is 37.9 Å². The molecule has 7 heteroatoms. The first-order valence-corrected chi connectivity index (χ1v) is 11.4. The van der Waals surface area contributed by atoms with Crippen LogP contribution in [-0.4, -0.2) is 43.5 Å². The smallest absolute Gasteiger partial charge is 0.371 e. The lowest BCUT2D eigenvalue weighted by molar-refractivity contribution is -0.137. The molecule has 0 aromatic heterocycles. The molecule has 1 N–H and O–H groups in total. The number of amides is 1. The molecule has 0 aliphatic carbocycles. The molecular formula is C25H30F3N3O. The standard InChI is InChI=1S/C25H30F3N3O/c26-25(27,28)21-11-9-20(10-12-21)23-8-4-5-14-31(23)18-24(32)29-16-19-13-15-30(17-19)22-6-2-1-3-7-22/h1-3,6-7,9-12,19,23H,4-5,8,13-18H2,(H,29,32). The second kappa shape index (κ2) is 9.94. The van der Waals surface area contributed by atoms with Crippen molar-refractivity contribution in [3.05, 3.63) is 65.7 Å². The molecular weight excluding hydrogens is 415 g/mol. The van der Waals surface area contributed by atoms with E-state index in [2.05, 4.69) is 27.2 Å². The fourth-order valence-electron chi connectivity index (χ4n) is 4.82. The van der Waals surface area contributed by atoms with Gasteiger partial charge in [0.05, 0.1) is 12.1 Å². The Morgan fingerprint density at radius 3 is 2.44 bits per heavy atom. The molecule has 0 spiro atoms. The number of benzene rings is 2. The molecule has 172 valence electrons. The van der Waals surface area contributed by atoms with Crippen molar-refractivity contribution < 1.29 is 18.0 Å². The summed E-state index contributed by atoms with van der Waals surface area (Å²) in [6.45, 7) is 3.64. The van der Waals surface area contributed by atoms with Gasteiger partial charge in [0.2, 0.25) is 5.91 Å². The van der Waals surface area contributed by atoms with Gasteiger partial charge in [-0.15, -0.1) is 0 Å². The van der Waals surface area contributed by atoms with Gasteiger partial charge >= 0.3 is 6.18 Å². The fourth-order valence-corrected chi connectivity index (χ4v) is 4.82. The molecule has 4 rings (SSSR count).